The van der Waals surface area contributed by atoms with Crippen LogP contribution in [0.5, 0.6) is 0 Å². The molecule has 248 valence electrons. The van der Waals surface area contributed by atoms with Crippen LogP contribution in [0.2, 0.25) is 0 Å². The van der Waals surface area contributed by atoms with Crippen LogP contribution in [0.25, 0.3) is 0 Å². The number of hydrogen-bond donors (Lipinski definition) is 0. The first-order valence-electron chi connectivity index (χ1n) is 11.4. The lowest BCUT2D eigenvalue weighted by atomic mass is 9.98. The van der Waals surface area contributed by atoms with Gasteiger partial charge in [0.1, 0.15) is 12.7 Å². The summed E-state index contributed by atoms with van der Waals surface area (Å²) >= 11 is 0. The normalized spacial score (nSPS) is 23.0. The maximum Gasteiger partial charge on any atom is 0.490 e. The molecule has 0 aliphatic carbocycles. The molecule has 0 bridgehead atoms. The van der Waals surface area contributed by atoms with Gasteiger partial charge in [-0.25, -0.2) is 19.2 Å². The zero-order valence-corrected chi connectivity index (χ0v) is 21.0. The van der Waals surface area contributed by atoms with E-state index in [9.17, 15) is 71.9 Å². The van der Waals surface area contributed by atoms with Crippen LogP contribution in [-0.4, -0.2) is 92.5 Å². The van der Waals surface area contributed by atoms with Crippen LogP contribution >= 0.6 is 0 Å². The Balaban J connectivity index is 2.60. The van der Waals surface area contributed by atoms with Crippen molar-refractivity contribution >= 4 is 23.9 Å². The van der Waals surface area contributed by atoms with E-state index in [2.05, 4.69) is 18.9 Å². The summed E-state index contributed by atoms with van der Waals surface area (Å²) in [6.07, 6.45) is -39.1. The molecular formula is C22H16F12O10. The van der Waals surface area contributed by atoms with E-state index in [0.717, 1.165) is 0 Å². The third-order valence-corrected chi connectivity index (χ3v) is 5.14. The number of ether oxygens (including phenoxy) is 6. The Morgan fingerprint density at radius 1 is 0.614 bits per heavy atom. The molecule has 1 aromatic carbocycles. The van der Waals surface area contributed by atoms with Crippen molar-refractivity contribution in [3.8, 4) is 0 Å². The minimum atomic E-state index is -6.04. The molecule has 22 heteroatoms. The van der Waals surface area contributed by atoms with E-state index >= 15 is 0 Å². The highest BCUT2D eigenvalue weighted by atomic mass is 19.4. The van der Waals surface area contributed by atoms with Crippen molar-refractivity contribution in [2.24, 2.45) is 0 Å². The Morgan fingerprint density at radius 3 is 1.50 bits per heavy atom. The molecule has 5 atom stereocenters. The molecule has 0 N–H and O–H groups in total. The molecule has 0 unspecified atom stereocenters. The number of rotatable bonds is 9. The zero-order chi connectivity index (χ0) is 33.7. The van der Waals surface area contributed by atoms with Gasteiger partial charge >= 0.3 is 48.6 Å². The summed E-state index contributed by atoms with van der Waals surface area (Å²) < 4.78 is 180. The average Bonchev–Trinajstić information content (AvgIpc) is 2.88. The second kappa shape index (κ2) is 13.9. The molecule has 1 aromatic rings. The Bertz CT molecular complexity index is 1160. The van der Waals surface area contributed by atoms with E-state index in [1.165, 1.54) is 24.3 Å². The number of carbonyl (C=O) groups excluding carboxylic acids is 4. The van der Waals surface area contributed by atoms with Crippen LogP contribution in [0.15, 0.2) is 30.3 Å². The van der Waals surface area contributed by atoms with Crippen molar-refractivity contribution in [1.29, 1.82) is 0 Å². The smallest absolute Gasteiger partial charge is 0.456 e. The summed E-state index contributed by atoms with van der Waals surface area (Å²) in [5.74, 6) is -13.0. The van der Waals surface area contributed by atoms with Crippen LogP contribution < -0.4 is 0 Å². The Kier molecular flexibility index (Phi) is 11.5. The fraction of sp³-hybridized carbons (Fsp3) is 0.545. The predicted molar refractivity (Wildman–Crippen MR) is 110 cm³/mol. The lowest BCUT2D eigenvalue weighted by Crippen LogP contribution is -2.64. The van der Waals surface area contributed by atoms with Crippen LogP contribution in [0.4, 0.5) is 52.7 Å². The predicted octanol–water partition coefficient (Wildman–Crippen LogP) is 3.50. The van der Waals surface area contributed by atoms with E-state index in [-0.39, 0.29) is 6.42 Å². The summed E-state index contributed by atoms with van der Waals surface area (Å²) in [6.45, 7) is -2.62. The van der Waals surface area contributed by atoms with Crippen LogP contribution in [0.3, 0.4) is 0 Å². The zero-order valence-electron chi connectivity index (χ0n) is 21.0. The summed E-state index contributed by atoms with van der Waals surface area (Å²) in [7, 11) is 0. The van der Waals surface area contributed by atoms with Gasteiger partial charge < -0.3 is 28.4 Å². The number of hydrogen-bond acceptors (Lipinski definition) is 10. The third-order valence-electron chi connectivity index (χ3n) is 5.14. The van der Waals surface area contributed by atoms with Crippen molar-refractivity contribution in [3.63, 3.8) is 0 Å². The molecule has 0 amide bonds. The Hall–Kier alpha value is -3.82. The maximum atomic E-state index is 13.0. The molecule has 0 saturated carbocycles. The highest BCUT2D eigenvalue weighted by molar-refractivity contribution is 5.78. The van der Waals surface area contributed by atoms with Gasteiger partial charge in [0.15, 0.2) is 24.6 Å². The second-order valence-electron chi connectivity index (χ2n) is 8.35. The van der Waals surface area contributed by atoms with E-state index in [4.69, 9.17) is 9.47 Å². The molecule has 2 rings (SSSR count). The van der Waals surface area contributed by atoms with E-state index in [1.54, 1.807) is 6.07 Å². The van der Waals surface area contributed by atoms with Crippen molar-refractivity contribution < 1.29 is 100 Å². The molecule has 0 radical (unpaired) electrons. The first-order chi connectivity index (χ1) is 20.0. The SMILES string of the molecule is O=C(OC[C@H]1O[C@@H](OCCc2ccccc2)[C@H](OC(=O)C(F)(F)F)[C@@H](OC(=O)C(F)(F)F)[C@@H]1OC(=O)C(F)(F)F)C(F)(F)F. The van der Waals surface area contributed by atoms with Crippen LogP contribution in [-0.2, 0) is 54.0 Å². The maximum absolute atomic E-state index is 13.0. The number of esters is 4. The van der Waals surface area contributed by atoms with E-state index in [0.29, 0.717) is 5.56 Å². The largest absolute Gasteiger partial charge is 0.490 e. The van der Waals surface area contributed by atoms with Gasteiger partial charge in [-0.2, -0.15) is 52.7 Å². The standard InChI is InChI=1S/C22H16F12O10/c23-19(24,25)15(35)40-8-10-11(42-16(36)20(26,27)28)12(43-17(37)21(29,30)31)13(44-18(38)22(32,33)34)14(41-10)39-7-6-9-4-2-1-3-5-9/h1-5,10-14H,6-8H2/t10-,11-,12+,13-,14-/m1/s1. The van der Waals surface area contributed by atoms with Gasteiger partial charge in [0.05, 0.1) is 6.61 Å². The molecule has 1 saturated heterocycles. The second-order valence-corrected chi connectivity index (χ2v) is 8.35. The topological polar surface area (TPSA) is 124 Å². The Labute approximate surface area is 236 Å². The number of alkyl halides is 12. The average molecular weight is 668 g/mol. The fourth-order valence-electron chi connectivity index (χ4n) is 3.30. The van der Waals surface area contributed by atoms with Gasteiger partial charge in [0.25, 0.3) is 0 Å². The van der Waals surface area contributed by atoms with Gasteiger partial charge in [0.2, 0.25) is 0 Å². The molecule has 1 fully saturated rings. The van der Waals surface area contributed by atoms with Crippen molar-refractivity contribution in [2.75, 3.05) is 13.2 Å². The van der Waals surface area contributed by atoms with Gasteiger partial charge in [0, 0.05) is 0 Å². The molecule has 44 heavy (non-hydrogen) atoms. The first-order valence-corrected chi connectivity index (χ1v) is 11.4. The quantitative estimate of drug-likeness (QED) is 0.220. The van der Waals surface area contributed by atoms with Crippen molar-refractivity contribution in [1.82, 2.24) is 0 Å². The Morgan fingerprint density at radius 2 is 1.05 bits per heavy atom. The van der Waals surface area contributed by atoms with Gasteiger partial charge in [-0.3, -0.25) is 0 Å². The molecule has 0 aromatic heterocycles. The minimum absolute atomic E-state index is 0.187. The number of benzene rings is 1. The number of carbonyl (C=O) groups is 4. The highest BCUT2D eigenvalue weighted by Crippen LogP contribution is 2.34. The molecule has 1 heterocycles. The monoisotopic (exact) mass is 668 g/mol. The lowest BCUT2D eigenvalue weighted by Gasteiger charge is -2.44. The summed E-state index contributed by atoms with van der Waals surface area (Å²) in [6, 6.07) is 7.48. The number of halogens is 12. The lowest BCUT2D eigenvalue weighted by molar-refractivity contribution is -0.321. The van der Waals surface area contributed by atoms with Crippen LogP contribution in [0.1, 0.15) is 5.56 Å². The van der Waals surface area contributed by atoms with Gasteiger partial charge in [-0.15, -0.1) is 0 Å². The third kappa shape index (κ3) is 10.4. The summed E-state index contributed by atoms with van der Waals surface area (Å²) in [5.41, 5.74) is 0.430. The molecular weight excluding hydrogens is 652 g/mol. The molecule has 1 aliphatic heterocycles. The molecule has 1 aliphatic rings. The van der Waals surface area contributed by atoms with Crippen molar-refractivity contribution in [3.05, 3.63) is 35.9 Å². The van der Waals surface area contributed by atoms with Crippen molar-refractivity contribution in [2.45, 2.75) is 61.8 Å². The van der Waals surface area contributed by atoms with Crippen LogP contribution in [0, 0.1) is 0 Å². The summed E-state index contributed by atoms with van der Waals surface area (Å²) in [4.78, 5) is 45.9. The minimum Gasteiger partial charge on any atom is -0.456 e. The van der Waals surface area contributed by atoms with Gasteiger partial charge in [-0.05, 0) is 12.0 Å². The van der Waals surface area contributed by atoms with E-state index in [1.807, 2.05) is 0 Å². The molecule has 0 spiro atoms. The van der Waals surface area contributed by atoms with E-state index < -0.39 is 92.5 Å². The summed E-state index contributed by atoms with van der Waals surface area (Å²) in [5, 5.41) is 0. The fourth-order valence-corrected chi connectivity index (χ4v) is 3.30. The van der Waals surface area contributed by atoms with Gasteiger partial charge in [-0.1, -0.05) is 30.3 Å². The highest BCUT2D eigenvalue weighted by Gasteiger charge is 2.59. The molecule has 10 nitrogen and oxygen atoms in total. The first kappa shape index (κ1) is 36.4.